The zero-order chi connectivity index (χ0) is 17.2. The SMILES string of the molecule is CS(=O)(=O)c1cn[nH]c1C1COCCN1C(=O)CCn1ccnc1. The number of nitrogens with one attached hydrogen (secondary N) is 1. The molecular formula is C14H19N5O4S. The van der Waals surface area contributed by atoms with Gasteiger partial charge in [-0.05, 0) is 0 Å². The molecule has 0 saturated carbocycles. The predicted octanol–water partition coefficient (Wildman–Crippen LogP) is -0.0001000. The van der Waals surface area contributed by atoms with Crippen LogP contribution in [0.2, 0.25) is 0 Å². The molecule has 2 aromatic heterocycles. The van der Waals surface area contributed by atoms with E-state index in [1.165, 1.54) is 6.20 Å². The molecule has 130 valence electrons. The number of morpholine rings is 1. The Morgan fingerprint density at radius 1 is 1.50 bits per heavy atom. The fourth-order valence-corrected chi connectivity index (χ4v) is 3.57. The number of sulfone groups is 1. The highest BCUT2D eigenvalue weighted by Crippen LogP contribution is 2.28. The second-order valence-electron chi connectivity index (χ2n) is 5.65. The van der Waals surface area contributed by atoms with Crippen molar-refractivity contribution in [3.63, 3.8) is 0 Å². The van der Waals surface area contributed by atoms with E-state index >= 15 is 0 Å². The average molecular weight is 353 g/mol. The van der Waals surface area contributed by atoms with Gasteiger partial charge in [-0.3, -0.25) is 9.89 Å². The van der Waals surface area contributed by atoms with Crippen molar-refractivity contribution in [1.29, 1.82) is 0 Å². The molecule has 9 nitrogen and oxygen atoms in total. The number of H-pyrrole nitrogens is 1. The molecule has 1 saturated heterocycles. The van der Waals surface area contributed by atoms with Crippen LogP contribution in [0.3, 0.4) is 0 Å². The Morgan fingerprint density at radius 3 is 3.04 bits per heavy atom. The minimum Gasteiger partial charge on any atom is -0.377 e. The summed E-state index contributed by atoms with van der Waals surface area (Å²) in [5.41, 5.74) is 0.396. The van der Waals surface area contributed by atoms with Gasteiger partial charge < -0.3 is 14.2 Å². The predicted molar refractivity (Wildman–Crippen MR) is 83.8 cm³/mol. The quantitative estimate of drug-likeness (QED) is 0.810. The van der Waals surface area contributed by atoms with Crippen LogP contribution in [0.25, 0.3) is 0 Å². The average Bonchev–Trinajstić information content (AvgIpc) is 3.23. The fourth-order valence-electron chi connectivity index (χ4n) is 2.75. The molecule has 1 unspecified atom stereocenters. The molecule has 0 bridgehead atoms. The Hall–Kier alpha value is -2.20. The van der Waals surface area contributed by atoms with E-state index < -0.39 is 15.9 Å². The monoisotopic (exact) mass is 353 g/mol. The van der Waals surface area contributed by atoms with Gasteiger partial charge in [-0.15, -0.1) is 0 Å². The molecule has 3 heterocycles. The number of amides is 1. The maximum absolute atomic E-state index is 12.6. The van der Waals surface area contributed by atoms with E-state index in [1.54, 1.807) is 23.6 Å². The first-order valence-electron chi connectivity index (χ1n) is 7.53. The summed E-state index contributed by atoms with van der Waals surface area (Å²) in [6, 6.07) is -0.485. The molecule has 1 N–H and O–H groups in total. The minimum atomic E-state index is -3.44. The normalized spacial score (nSPS) is 18.7. The van der Waals surface area contributed by atoms with Crippen LogP contribution in [0.15, 0.2) is 29.8 Å². The molecule has 0 aromatic carbocycles. The molecule has 1 amide bonds. The maximum atomic E-state index is 12.6. The van der Waals surface area contributed by atoms with Gasteiger partial charge in [-0.1, -0.05) is 0 Å². The first kappa shape index (κ1) is 16.7. The number of rotatable bonds is 5. The van der Waals surface area contributed by atoms with Crippen molar-refractivity contribution in [1.82, 2.24) is 24.6 Å². The van der Waals surface area contributed by atoms with Gasteiger partial charge in [-0.25, -0.2) is 13.4 Å². The summed E-state index contributed by atoms with van der Waals surface area (Å²) in [5, 5.41) is 6.55. The molecule has 2 aromatic rings. The van der Waals surface area contributed by atoms with Crippen LogP contribution in [-0.2, 0) is 25.9 Å². The van der Waals surface area contributed by atoms with E-state index in [0.717, 1.165) is 6.26 Å². The minimum absolute atomic E-state index is 0.0638. The number of carbonyl (C=O) groups excluding carboxylic acids is 1. The van der Waals surface area contributed by atoms with Crippen molar-refractivity contribution >= 4 is 15.7 Å². The summed E-state index contributed by atoms with van der Waals surface area (Å²) in [6.07, 6.45) is 7.80. The Labute approximate surface area is 139 Å². The van der Waals surface area contributed by atoms with Crippen LogP contribution in [0.1, 0.15) is 18.2 Å². The summed E-state index contributed by atoms with van der Waals surface area (Å²) in [5.74, 6) is -0.0638. The molecule has 1 fully saturated rings. The topological polar surface area (TPSA) is 110 Å². The third kappa shape index (κ3) is 3.49. The highest BCUT2D eigenvalue weighted by Gasteiger charge is 2.33. The molecule has 10 heteroatoms. The summed E-state index contributed by atoms with van der Waals surface area (Å²) >= 11 is 0. The fraction of sp³-hybridized carbons (Fsp3) is 0.500. The Bertz CT molecular complexity index is 799. The lowest BCUT2D eigenvalue weighted by molar-refractivity contribution is -0.140. The number of hydrogen-bond donors (Lipinski definition) is 1. The van der Waals surface area contributed by atoms with Crippen molar-refractivity contribution < 1.29 is 17.9 Å². The number of hydrogen-bond acceptors (Lipinski definition) is 6. The molecule has 1 atom stereocenters. The number of aromatic nitrogens is 4. The lowest BCUT2D eigenvalue weighted by atomic mass is 10.1. The summed E-state index contributed by atoms with van der Waals surface area (Å²) in [6.45, 7) is 1.59. The summed E-state index contributed by atoms with van der Waals surface area (Å²) < 4.78 is 31.1. The van der Waals surface area contributed by atoms with E-state index in [4.69, 9.17) is 4.74 Å². The van der Waals surface area contributed by atoms with Crippen molar-refractivity contribution in [2.24, 2.45) is 0 Å². The zero-order valence-corrected chi connectivity index (χ0v) is 14.1. The molecule has 1 aliphatic heterocycles. The van der Waals surface area contributed by atoms with Gasteiger partial charge in [0.05, 0.1) is 37.5 Å². The third-order valence-corrected chi connectivity index (χ3v) is 5.08. The summed E-state index contributed by atoms with van der Waals surface area (Å²) in [4.78, 5) is 18.3. The van der Waals surface area contributed by atoms with E-state index in [9.17, 15) is 13.2 Å². The van der Waals surface area contributed by atoms with Gasteiger partial charge in [0.1, 0.15) is 4.90 Å². The lowest BCUT2D eigenvalue weighted by Gasteiger charge is -2.35. The first-order chi connectivity index (χ1) is 11.5. The highest BCUT2D eigenvalue weighted by atomic mass is 32.2. The number of ether oxygens (including phenoxy) is 1. The van der Waals surface area contributed by atoms with E-state index in [0.29, 0.717) is 31.8 Å². The molecule has 1 aliphatic rings. The van der Waals surface area contributed by atoms with Gasteiger partial charge >= 0.3 is 0 Å². The number of imidazole rings is 1. The van der Waals surface area contributed by atoms with Crippen LogP contribution in [-0.4, -0.2) is 65.0 Å². The molecule has 0 radical (unpaired) electrons. The third-order valence-electron chi connectivity index (χ3n) is 3.96. The van der Waals surface area contributed by atoms with E-state index in [1.807, 2.05) is 4.57 Å². The van der Waals surface area contributed by atoms with Gasteiger partial charge in [0, 0.05) is 38.2 Å². The second-order valence-corrected chi connectivity index (χ2v) is 7.63. The number of aryl methyl sites for hydroxylation is 1. The van der Waals surface area contributed by atoms with Crippen molar-refractivity contribution in [2.75, 3.05) is 26.0 Å². The van der Waals surface area contributed by atoms with Crippen molar-refractivity contribution in [3.8, 4) is 0 Å². The first-order valence-corrected chi connectivity index (χ1v) is 9.42. The maximum Gasteiger partial charge on any atom is 0.225 e. The molecule has 0 aliphatic carbocycles. The van der Waals surface area contributed by atoms with E-state index in [-0.39, 0.29) is 17.4 Å². The van der Waals surface area contributed by atoms with Crippen LogP contribution < -0.4 is 0 Å². The van der Waals surface area contributed by atoms with Gasteiger partial charge in [0.25, 0.3) is 0 Å². The van der Waals surface area contributed by atoms with Crippen LogP contribution in [0, 0.1) is 0 Å². The number of carbonyl (C=O) groups is 1. The molecular weight excluding hydrogens is 334 g/mol. The zero-order valence-electron chi connectivity index (χ0n) is 13.3. The second kappa shape index (κ2) is 6.73. The van der Waals surface area contributed by atoms with Crippen LogP contribution >= 0.6 is 0 Å². The smallest absolute Gasteiger partial charge is 0.225 e. The number of nitrogens with zero attached hydrogens (tertiary/aromatic N) is 4. The standard InChI is InChI=1S/C14H19N5O4S/c1-24(21,22)12-8-16-17-14(12)11-9-23-7-6-19(11)13(20)2-4-18-5-3-15-10-18/h3,5,8,10-11H,2,4,6-7,9H2,1H3,(H,16,17). The lowest BCUT2D eigenvalue weighted by Crippen LogP contribution is -2.44. The summed E-state index contributed by atoms with van der Waals surface area (Å²) in [7, 11) is -3.44. The largest absolute Gasteiger partial charge is 0.377 e. The number of aromatic amines is 1. The highest BCUT2D eigenvalue weighted by molar-refractivity contribution is 7.90. The Balaban J connectivity index is 1.78. The van der Waals surface area contributed by atoms with Crippen LogP contribution in [0.5, 0.6) is 0 Å². The Kier molecular flexibility index (Phi) is 4.67. The van der Waals surface area contributed by atoms with Crippen LogP contribution in [0.4, 0.5) is 0 Å². The van der Waals surface area contributed by atoms with E-state index in [2.05, 4.69) is 15.2 Å². The van der Waals surface area contributed by atoms with Gasteiger partial charge in [-0.2, -0.15) is 5.10 Å². The molecule has 0 spiro atoms. The van der Waals surface area contributed by atoms with Gasteiger partial charge in [0.2, 0.25) is 5.91 Å². The van der Waals surface area contributed by atoms with Gasteiger partial charge in [0.15, 0.2) is 9.84 Å². The molecule has 24 heavy (non-hydrogen) atoms. The Morgan fingerprint density at radius 2 is 2.33 bits per heavy atom. The molecule has 3 rings (SSSR count). The van der Waals surface area contributed by atoms with Crippen molar-refractivity contribution in [2.45, 2.75) is 23.9 Å². The van der Waals surface area contributed by atoms with Crippen molar-refractivity contribution in [3.05, 3.63) is 30.6 Å².